The number of anilines is 1. The molecular weight excluding hydrogens is 401 g/mol. The Hall–Kier alpha value is -3.63. The van der Waals surface area contributed by atoms with E-state index < -0.39 is 0 Å². The Morgan fingerprint density at radius 3 is 2.87 bits per heavy atom. The van der Waals surface area contributed by atoms with E-state index in [2.05, 4.69) is 30.3 Å². The van der Waals surface area contributed by atoms with Gasteiger partial charge in [-0.3, -0.25) is 4.79 Å². The number of quaternary nitrogens is 1. The Labute approximate surface area is 176 Å². The molecule has 1 amide bonds. The molecule has 1 fully saturated rings. The number of halogens is 1. The average molecular weight is 422 g/mol. The molecule has 1 aromatic carbocycles. The van der Waals surface area contributed by atoms with Crippen molar-refractivity contribution in [1.29, 1.82) is 0 Å². The topological polar surface area (TPSA) is 123 Å². The van der Waals surface area contributed by atoms with Crippen molar-refractivity contribution in [3.63, 3.8) is 0 Å². The minimum absolute atomic E-state index is 0.246. The zero-order chi connectivity index (χ0) is 21.4. The smallest absolute Gasteiger partial charge is 0.258 e. The van der Waals surface area contributed by atoms with Gasteiger partial charge in [0, 0.05) is 19.3 Å². The second kappa shape index (κ2) is 7.89. The van der Waals surface area contributed by atoms with E-state index in [1.807, 2.05) is 6.07 Å². The van der Waals surface area contributed by atoms with Crippen molar-refractivity contribution in [1.82, 2.24) is 20.3 Å². The van der Waals surface area contributed by atoms with Crippen molar-refractivity contribution in [3.05, 3.63) is 59.8 Å². The van der Waals surface area contributed by atoms with Gasteiger partial charge in [-0.1, -0.05) is 5.10 Å². The summed E-state index contributed by atoms with van der Waals surface area (Å²) < 4.78 is 13.4. The number of aromatic nitrogens is 3. The Kier molecular flexibility index (Phi) is 4.92. The van der Waals surface area contributed by atoms with Crippen LogP contribution in [0.4, 0.5) is 10.2 Å². The van der Waals surface area contributed by atoms with Gasteiger partial charge in [-0.25, -0.2) is 14.4 Å². The van der Waals surface area contributed by atoms with E-state index in [1.54, 1.807) is 23.6 Å². The maximum Gasteiger partial charge on any atom is 0.258 e. The highest BCUT2D eigenvalue weighted by atomic mass is 19.1. The molecule has 2 aromatic heterocycles. The molecule has 0 bridgehead atoms. The Balaban J connectivity index is 1.24. The standard InChI is InChI=1S/C21H20FN7O2/c22-13-2-3-15-16(9-13)25-20(24-15)17-10-18(28-27-17)26-21(31)12-1-4-19(23-11-12)29-7-5-14(30)6-8-29/h1-4,9-11,14,30H,5-8H2,(H,24,25)(H2,26,27,28,31)/p+1. The number of amidine groups is 1. The lowest BCUT2D eigenvalue weighted by atomic mass is 10.1. The Morgan fingerprint density at radius 1 is 1.26 bits per heavy atom. The van der Waals surface area contributed by atoms with Crippen LogP contribution in [0.5, 0.6) is 0 Å². The number of aliphatic hydroxyl groups is 1. The van der Waals surface area contributed by atoms with Crippen LogP contribution >= 0.6 is 0 Å². The molecule has 5 rings (SSSR count). The largest absolute Gasteiger partial charge is 0.393 e. The summed E-state index contributed by atoms with van der Waals surface area (Å²) in [7, 11) is 0. The molecule has 0 atom stereocenters. The van der Waals surface area contributed by atoms with Crippen molar-refractivity contribution in [3.8, 4) is 0 Å². The average Bonchev–Trinajstić information content (AvgIpc) is 3.41. The first kappa shape index (κ1) is 19.3. The molecule has 10 heteroatoms. The number of nitrogens with one attached hydrogen (secondary N) is 2. The predicted octanol–water partition coefficient (Wildman–Crippen LogP) is 0.719. The van der Waals surface area contributed by atoms with Crippen molar-refractivity contribution in [2.45, 2.75) is 18.9 Å². The maximum atomic E-state index is 13.4. The molecule has 2 aliphatic rings. The highest BCUT2D eigenvalue weighted by Gasteiger charge is 2.22. The van der Waals surface area contributed by atoms with Crippen LogP contribution in [0.25, 0.3) is 16.7 Å². The molecule has 4 heterocycles. The first-order chi connectivity index (χ1) is 15.0. The number of nitrogens with two attached hydrogens (primary N) is 1. The minimum atomic E-state index is -0.339. The summed E-state index contributed by atoms with van der Waals surface area (Å²) in [5.74, 6) is 1.07. The fraction of sp³-hybridized carbons (Fsp3) is 0.238. The first-order valence-corrected chi connectivity index (χ1v) is 10.0. The highest BCUT2D eigenvalue weighted by molar-refractivity contribution is 6.12. The number of hydrogen-bond donors (Lipinski definition) is 4. The lowest BCUT2D eigenvalue weighted by Crippen LogP contribution is -2.73. The van der Waals surface area contributed by atoms with Gasteiger partial charge < -0.3 is 20.3 Å². The normalized spacial score (nSPS) is 17.0. The van der Waals surface area contributed by atoms with E-state index in [0.717, 1.165) is 31.7 Å². The van der Waals surface area contributed by atoms with Crippen molar-refractivity contribution in [2.24, 2.45) is 5.10 Å². The fourth-order valence-electron chi connectivity index (χ4n) is 3.67. The van der Waals surface area contributed by atoms with E-state index >= 15 is 0 Å². The number of carbonyl (C=O) groups is 1. The lowest BCUT2D eigenvalue weighted by Gasteiger charge is -2.30. The van der Waals surface area contributed by atoms with Crippen molar-refractivity contribution >= 4 is 34.3 Å². The second-order valence-corrected chi connectivity index (χ2v) is 7.57. The SMILES string of the molecule is O=C(NC1=N[NH2+]C(c2nc3ccc(F)cc3[nH]2)=C1)c1ccc(N2CCC(O)CC2)nc1. The van der Waals surface area contributed by atoms with Gasteiger partial charge in [-0.2, -0.15) is 5.43 Å². The lowest BCUT2D eigenvalue weighted by molar-refractivity contribution is -0.566. The molecule has 0 radical (unpaired) electrons. The number of benzene rings is 1. The number of carbonyl (C=O) groups excluding carboxylic acids is 1. The summed E-state index contributed by atoms with van der Waals surface area (Å²) in [5, 5.41) is 16.6. The number of rotatable bonds is 3. The molecule has 9 nitrogen and oxygen atoms in total. The van der Waals surface area contributed by atoms with E-state index in [1.165, 1.54) is 18.3 Å². The minimum Gasteiger partial charge on any atom is -0.393 e. The fourth-order valence-corrected chi connectivity index (χ4v) is 3.67. The maximum absolute atomic E-state index is 13.4. The predicted molar refractivity (Wildman–Crippen MR) is 113 cm³/mol. The summed E-state index contributed by atoms with van der Waals surface area (Å²) in [6.07, 6.45) is 4.42. The van der Waals surface area contributed by atoms with Gasteiger partial charge >= 0.3 is 0 Å². The van der Waals surface area contributed by atoms with Gasteiger partial charge in [0.05, 0.1) is 28.8 Å². The molecule has 5 N–H and O–H groups in total. The van der Waals surface area contributed by atoms with Gasteiger partial charge in [0.2, 0.25) is 5.70 Å². The van der Waals surface area contributed by atoms with Crippen molar-refractivity contribution in [2.75, 3.05) is 18.0 Å². The van der Waals surface area contributed by atoms with Crippen LogP contribution in [0.2, 0.25) is 0 Å². The van der Waals surface area contributed by atoms with E-state index in [4.69, 9.17) is 0 Å². The third-order valence-corrected chi connectivity index (χ3v) is 5.39. The zero-order valence-electron chi connectivity index (χ0n) is 16.5. The molecule has 0 saturated carbocycles. The number of hydrogen-bond acceptors (Lipinski definition) is 6. The van der Waals surface area contributed by atoms with Crippen LogP contribution in [0, 0.1) is 5.82 Å². The Morgan fingerprint density at radius 2 is 2.10 bits per heavy atom. The molecule has 3 aromatic rings. The van der Waals surface area contributed by atoms with Gasteiger partial charge in [0.1, 0.15) is 11.6 Å². The summed E-state index contributed by atoms with van der Waals surface area (Å²) in [4.78, 5) is 26.5. The van der Waals surface area contributed by atoms with E-state index in [9.17, 15) is 14.3 Å². The molecule has 2 aliphatic heterocycles. The molecule has 0 aliphatic carbocycles. The molecular formula is C21H21FN7O2+. The van der Waals surface area contributed by atoms with Gasteiger partial charge in [-0.05, 0) is 43.2 Å². The third-order valence-electron chi connectivity index (χ3n) is 5.39. The summed E-state index contributed by atoms with van der Waals surface area (Å²) >= 11 is 0. The molecule has 0 unspecified atom stereocenters. The van der Waals surface area contributed by atoms with E-state index in [-0.39, 0.29) is 17.8 Å². The van der Waals surface area contributed by atoms with Crippen LogP contribution in [0.1, 0.15) is 29.0 Å². The number of imidazole rings is 1. The summed E-state index contributed by atoms with van der Waals surface area (Å²) in [6.45, 7) is 1.49. The number of amides is 1. The number of pyridine rings is 1. The quantitative estimate of drug-likeness (QED) is 0.463. The number of aliphatic hydroxyl groups excluding tert-OH is 1. The third kappa shape index (κ3) is 4.03. The zero-order valence-corrected chi connectivity index (χ0v) is 16.5. The highest BCUT2D eigenvalue weighted by Crippen LogP contribution is 2.18. The van der Waals surface area contributed by atoms with E-state index in [0.29, 0.717) is 34.0 Å². The van der Waals surface area contributed by atoms with Crippen molar-refractivity contribution < 1.29 is 19.7 Å². The van der Waals surface area contributed by atoms with Crippen LogP contribution in [-0.4, -0.2) is 51.0 Å². The number of fused-ring (bicyclic) bond motifs is 1. The summed E-state index contributed by atoms with van der Waals surface area (Å²) in [5.41, 5.74) is 3.95. The number of nitrogens with zero attached hydrogens (tertiary/aromatic N) is 4. The number of piperidine rings is 1. The van der Waals surface area contributed by atoms with Crippen LogP contribution < -0.4 is 15.6 Å². The number of aromatic amines is 1. The molecule has 158 valence electrons. The first-order valence-electron chi connectivity index (χ1n) is 10.0. The van der Waals surface area contributed by atoms with Gasteiger partial charge in [0.15, 0.2) is 11.7 Å². The Bertz CT molecular complexity index is 1190. The van der Waals surface area contributed by atoms with Gasteiger partial charge in [0.25, 0.3) is 5.91 Å². The van der Waals surface area contributed by atoms with Crippen LogP contribution in [0.15, 0.2) is 47.7 Å². The second-order valence-electron chi connectivity index (χ2n) is 7.57. The van der Waals surface area contributed by atoms with Crippen LogP contribution in [-0.2, 0) is 0 Å². The monoisotopic (exact) mass is 422 g/mol. The molecule has 1 saturated heterocycles. The molecule has 0 spiro atoms. The van der Waals surface area contributed by atoms with Gasteiger partial charge in [-0.15, -0.1) is 0 Å². The van der Waals surface area contributed by atoms with Crippen LogP contribution in [0.3, 0.4) is 0 Å². The summed E-state index contributed by atoms with van der Waals surface area (Å²) in [6, 6.07) is 7.88. The molecule has 31 heavy (non-hydrogen) atoms. The number of H-pyrrole nitrogens is 1.